The summed E-state index contributed by atoms with van der Waals surface area (Å²) in [5.41, 5.74) is 6.67. The molecule has 2 unspecified atom stereocenters. The third-order valence-electron chi connectivity index (χ3n) is 4.44. The molecule has 112 valence electrons. The number of halogens is 2. The lowest BCUT2D eigenvalue weighted by Crippen LogP contribution is -2.45. The molecule has 2 saturated heterocycles. The highest BCUT2D eigenvalue weighted by Gasteiger charge is 2.40. The summed E-state index contributed by atoms with van der Waals surface area (Å²) in [5, 5.41) is 0. The van der Waals surface area contributed by atoms with E-state index in [0.29, 0.717) is 5.92 Å². The Morgan fingerprint density at radius 1 is 1.35 bits per heavy atom. The van der Waals surface area contributed by atoms with Crippen LogP contribution in [0.15, 0.2) is 14.3 Å². The van der Waals surface area contributed by atoms with Gasteiger partial charge in [0, 0.05) is 22.0 Å². The smallest absolute Gasteiger partial charge is 0.0843 e. The molecular weight excluding hydrogens is 422 g/mol. The van der Waals surface area contributed by atoms with Crippen LogP contribution in [0.4, 0.5) is 0 Å². The molecule has 0 saturated carbocycles. The van der Waals surface area contributed by atoms with E-state index >= 15 is 0 Å². The molecular formula is C14H19Br2NOS2. The zero-order valence-corrected chi connectivity index (χ0v) is 16.0. The van der Waals surface area contributed by atoms with Crippen molar-refractivity contribution >= 4 is 55.0 Å². The summed E-state index contributed by atoms with van der Waals surface area (Å²) in [5.74, 6) is 3.01. The van der Waals surface area contributed by atoms with Gasteiger partial charge < -0.3 is 10.5 Å². The number of thioether (sulfide) groups is 1. The van der Waals surface area contributed by atoms with Gasteiger partial charge in [-0.25, -0.2) is 0 Å². The predicted molar refractivity (Wildman–Crippen MR) is 94.6 cm³/mol. The molecule has 2 fully saturated rings. The lowest BCUT2D eigenvalue weighted by molar-refractivity contribution is -0.105. The zero-order valence-electron chi connectivity index (χ0n) is 11.2. The first kappa shape index (κ1) is 15.8. The summed E-state index contributed by atoms with van der Waals surface area (Å²) in [6.45, 7) is 0.872. The van der Waals surface area contributed by atoms with Crippen LogP contribution in [0.3, 0.4) is 0 Å². The molecule has 1 aromatic rings. The van der Waals surface area contributed by atoms with E-state index in [9.17, 15) is 0 Å². The van der Waals surface area contributed by atoms with Crippen LogP contribution in [0, 0.1) is 5.92 Å². The van der Waals surface area contributed by atoms with Crippen molar-refractivity contribution in [3.63, 3.8) is 0 Å². The van der Waals surface area contributed by atoms with E-state index in [-0.39, 0.29) is 11.6 Å². The highest BCUT2D eigenvalue weighted by molar-refractivity contribution is 9.13. The number of ether oxygens (including phenoxy) is 1. The lowest BCUT2D eigenvalue weighted by Gasteiger charge is -2.44. The van der Waals surface area contributed by atoms with Gasteiger partial charge in [-0.05, 0) is 81.0 Å². The van der Waals surface area contributed by atoms with Gasteiger partial charge in [-0.1, -0.05) is 0 Å². The van der Waals surface area contributed by atoms with Crippen LogP contribution in [-0.2, 0) is 4.74 Å². The van der Waals surface area contributed by atoms with Crippen LogP contribution in [0.5, 0.6) is 0 Å². The van der Waals surface area contributed by atoms with Crippen molar-refractivity contribution in [2.24, 2.45) is 11.7 Å². The second kappa shape index (κ2) is 6.59. The molecule has 2 aliphatic rings. The van der Waals surface area contributed by atoms with Gasteiger partial charge in [-0.15, -0.1) is 11.3 Å². The molecule has 3 rings (SSSR count). The van der Waals surface area contributed by atoms with Crippen LogP contribution in [0.25, 0.3) is 0 Å². The molecule has 2 N–H and O–H groups in total. The van der Waals surface area contributed by atoms with E-state index in [0.717, 1.165) is 27.7 Å². The van der Waals surface area contributed by atoms with Crippen molar-refractivity contribution < 1.29 is 4.74 Å². The molecule has 6 heteroatoms. The average molecular weight is 441 g/mol. The Kier molecular flexibility index (Phi) is 5.21. The van der Waals surface area contributed by atoms with E-state index < -0.39 is 0 Å². The van der Waals surface area contributed by atoms with E-state index in [4.69, 9.17) is 10.5 Å². The molecule has 1 aromatic heterocycles. The molecule has 0 aromatic carbocycles. The molecule has 0 radical (unpaired) electrons. The first-order valence-corrected chi connectivity index (χ1v) is 10.6. The van der Waals surface area contributed by atoms with E-state index in [1.807, 2.05) is 0 Å². The molecule has 2 nitrogen and oxygen atoms in total. The molecule has 0 bridgehead atoms. The molecule has 2 atom stereocenters. The Labute approximate surface area is 145 Å². The van der Waals surface area contributed by atoms with Crippen molar-refractivity contribution in [2.75, 3.05) is 18.1 Å². The predicted octanol–water partition coefficient (Wildman–Crippen LogP) is 4.97. The second-order valence-electron chi connectivity index (χ2n) is 5.69. The van der Waals surface area contributed by atoms with Crippen LogP contribution in [-0.4, -0.2) is 23.7 Å². The Morgan fingerprint density at radius 2 is 2.10 bits per heavy atom. The minimum absolute atomic E-state index is 0.123. The van der Waals surface area contributed by atoms with Crippen LogP contribution in [0.1, 0.15) is 36.6 Å². The second-order valence-corrected chi connectivity index (χ2v) is 10.2. The standard InChI is InChI=1S/C14H19Br2NOS2/c15-10-7-11(20-13(10)16)12(17)9-1-4-18-14(8-9)2-5-19-6-3-14/h7,9,12H,1-6,8,17H2. The van der Waals surface area contributed by atoms with Crippen molar-refractivity contribution in [3.05, 3.63) is 19.2 Å². The number of nitrogens with two attached hydrogens (primary N) is 1. The minimum atomic E-state index is 0.123. The molecule has 2 aliphatic heterocycles. The van der Waals surface area contributed by atoms with Crippen molar-refractivity contribution in [1.82, 2.24) is 0 Å². The third kappa shape index (κ3) is 3.30. The van der Waals surface area contributed by atoms with Crippen molar-refractivity contribution in [2.45, 2.75) is 37.3 Å². The fraction of sp³-hybridized carbons (Fsp3) is 0.714. The Morgan fingerprint density at radius 3 is 2.75 bits per heavy atom. The van der Waals surface area contributed by atoms with Crippen LogP contribution >= 0.6 is 55.0 Å². The van der Waals surface area contributed by atoms with E-state index in [1.54, 1.807) is 11.3 Å². The molecule has 0 amide bonds. The fourth-order valence-corrected chi connectivity index (χ4v) is 6.65. The summed E-state index contributed by atoms with van der Waals surface area (Å²) in [4.78, 5) is 1.27. The maximum Gasteiger partial charge on any atom is 0.0843 e. The Balaban J connectivity index is 1.72. The Bertz CT molecular complexity index is 449. The van der Waals surface area contributed by atoms with Crippen molar-refractivity contribution in [1.29, 1.82) is 0 Å². The maximum absolute atomic E-state index is 6.55. The number of hydrogen-bond donors (Lipinski definition) is 1. The quantitative estimate of drug-likeness (QED) is 0.705. The Hall–Kier alpha value is 0.930. The van der Waals surface area contributed by atoms with Crippen LogP contribution in [0.2, 0.25) is 0 Å². The molecule has 0 aliphatic carbocycles. The largest absolute Gasteiger partial charge is 0.375 e. The highest BCUT2D eigenvalue weighted by atomic mass is 79.9. The first-order chi connectivity index (χ1) is 9.60. The summed E-state index contributed by atoms with van der Waals surface area (Å²) >= 11 is 10.9. The van der Waals surface area contributed by atoms with E-state index in [1.165, 1.54) is 29.2 Å². The first-order valence-electron chi connectivity index (χ1n) is 7.02. The fourth-order valence-electron chi connectivity index (χ4n) is 3.22. The minimum Gasteiger partial charge on any atom is -0.375 e. The summed E-state index contributed by atoms with van der Waals surface area (Å²) in [6, 6.07) is 2.30. The summed E-state index contributed by atoms with van der Waals surface area (Å²) in [6.07, 6.45) is 4.60. The highest BCUT2D eigenvalue weighted by Crippen LogP contribution is 2.45. The molecule has 1 spiro atoms. The summed E-state index contributed by atoms with van der Waals surface area (Å²) < 4.78 is 8.42. The van der Waals surface area contributed by atoms with Gasteiger partial charge in [-0.2, -0.15) is 11.8 Å². The summed E-state index contributed by atoms with van der Waals surface area (Å²) in [7, 11) is 0. The van der Waals surface area contributed by atoms with Gasteiger partial charge in [0.15, 0.2) is 0 Å². The number of hydrogen-bond acceptors (Lipinski definition) is 4. The lowest BCUT2D eigenvalue weighted by atomic mass is 9.78. The van der Waals surface area contributed by atoms with Gasteiger partial charge in [0.1, 0.15) is 0 Å². The number of rotatable bonds is 2. The van der Waals surface area contributed by atoms with Crippen molar-refractivity contribution in [3.8, 4) is 0 Å². The zero-order chi connectivity index (χ0) is 14.2. The van der Waals surface area contributed by atoms with E-state index in [2.05, 4.69) is 49.7 Å². The van der Waals surface area contributed by atoms with Crippen LogP contribution < -0.4 is 5.73 Å². The average Bonchev–Trinajstić information content (AvgIpc) is 2.79. The van der Waals surface area contributed by atoms with Gasteiger partial charge in [-0.3, -0.25) is 0 Å². The van der Waals surface area contributed by atoms with Gasteiger partial charge in [0.25, 0.3) is 0 Å². The normalized spacial score (nSPS) is 27.6. The maximum atomic E-state index is 6.55. The van der Waals surface area contributed by atoms with Gasteiger partial charge in [0.2, 0.25) is 0 Å². The topological polar surface area (TPSA) is 35.2 Å². The molecule has 20 heavy (non-hydrogen) atoms. The number of thiophene rings is 1. The third-order valence-corrected chi connectivity index (χ3v) is 8.78. The van der Waals surface area contributed by atoms with Gasteiger partial charge >= 0.3 is 0 Å². The molecule has 3 heterocycles. The van der Waals surface area contributed by atoms with Gasteiger partial charge in [0.05, 0.1) is 9.39 Å². The SMILES string of the molecule is NC(c1cc(Br)c(Br)s1)C1CCOC2(CCSCC2)C1. The monoisotopic (exact) mass is 439 g/mol.